The number of hydrogen-bond donors (Lipinski definition) is 2. The molecule has 0 aromatic heterocycles. The summed E-state index contributed by atoms with van der Waals surface area (Å²) >= 11 is 0. The maximum atomic E-state index is 11.4. The molecule has 2 aromatic rings. The zero-order valence-corrected chi connectivity index (χ0v) is 17.1. The maximum Gasteiger partial charge on any atom is 0.333 e. The lowest BCUT2D eigenvalue weighted by Crippen LogP contribution is -2.28. The second-order valence-electron chi connectivity index (χ2n) is 7.22. The number of aliphatic carboxylic acids is 1. The van der Waals surface area contributed by atoms with E-state index in [2.05, 4.69) is 5.32 Å². The third-order valence-corrected chi connectivity index (χ3v) is 5.08. The van der Waals surface area contributed by atoms with Gasteiger partial charge in [-0.2, -0.15) is 0 Å². The molecule has 0 amide bonds. The van der Waals surface area contributed by atoms with Gasteiger partial charge in [0.2, 0.25) is 6.29 Å². The van der Waals surface area contributed by atoms with Gasteiger partial charge in [-0.3, -0.25) is 0 Å². The molecule has 0 saturated heterocycles. The van der Waals surface area contributed by atoms with Crippen molar-refractivity contribution < 1.29 is 28.8 Å². The number of hydrogen-bond acceptors (Lipinski definition) is 6. The van der Waals surface area contributed by atoms with Crippen LogP contribution in [-0.4, -0.2) is 43.7 Å². The summed E-state index contributed by atoms with van der Waals surface area (Å²) in [6.45, 7) is 1.81. The van der Waals surface area contributed by atoms with E-state index < -0.39 is 5.97 Å². The van der Waals surface area contributed by atoms with Crippen molar-refractivity contribution in [3.8, 4) is 5.75 Å². The number of carboxylic acids is 1. The Morgan fingerprint density at radius 3 is 2.61 bits per heavy atom. The van der Waals surface area contributed by atoms with Crippen LogP contribution in [0, 0.1) is 0 Å². The first-order valence-corrected chi connectivity index (χ1v) is 10.3. The first-order valence-electron chi connectivity index (χ1n) is 10.3. The minimum atomic E-state index is -0.877. The minimum absolute atomic E-state index is 0.314. The quantitative estimate of drug-likeness (QED) is 0.599. The Hall–Kier alpha value is -3.45. The molecule has 0 radical (unpaired) electrons. The standard InChI is InChI=1S/C24H25NO6/c26-24(27)21-15-25-11-10-20(21)18-6-8-19(9-7-18)28-12-13-29-23-16-30-22(31-23)14-17-4-2-1-3-5-17/h1-9,16,22,25H,10-15H2,(H,26,27). The van der Waals surface area contributed by atoms with Crippen LogP contribution in [0.2, 0.25) is 0 Å². The van der Waals surface area contributed by atoms with Gasteiger partial charge >= 0.3 is 11.9 Å². The SMILES string of the molecule is O=C(O)C1=C(c2ccc(OCCOC3=COC(Cc4ccccc4)O3)cc2)CCNC1. The molecule has 4 rings (SSSR count). The molecule has 0 spiro atoms. The smallest absolute Gasteiger partial charge is 0.333 e. The van der Waals surface area contributed by atoms with Gasteiger partial charge in [0.15, 0.2) is 6.26 Å². The Labute approximate surface area is 180 Å². The van der Waals surface area contributed by atoms with E-state index in [1.54, 1.807) is 0 Å². The van der Waals surface area contributed by atoms with Gasteiger partial charge in [0.1, 0.15) is 19.0 Å². The molecule has 2 aliphatic rings. The Morgan fingerprint density at radius 2 is 1.84 bits per heavy atom. The van der Waals surface area contributed by atoms with Crippen molar-refractivity contribution in [2.75, 3.05) is 26.3 Å². The molecule has 162 valence electrons. The summed E-state index contributed by atoms with van der Waals surface area (Å²) in [6.07, 6.45) is 2.43. The molecular formula is C24H25NO6. The van der Waals surface area contributed by atoms with Crippen LogP contribution in [-0.2, 0) is 25.4 Å². The number of ether oxygens (including phenoxy) is 4. The van der Waals surface area contributed by atoms with Gasteiger partial charge in [-0.15, -0.1) is 0 Å². The van der Waals surface area contributed by atoms with E-state index in [1.807, 2.05) is 54.6 Å². The molecule has 7 heteroatoms. The van der Waals surface area contributed by atoms with Gasteiger partial charge in [0.25, 0.3) is 0 Å². The normalized spacial score (nSPS) is 18.1. The lowest BCUT2D eigenvalue weighted by atomic mass is 9.94. The number of nitrogens with one attached hydrogen (secondary N) is 1. The molecule has 0 bridgehead atoms. The van der Waals surface area contributed by atoms with Gasteiger partial charge in [-0.25, -0.2) is 4.79 Å². The van der Waals surface area contributed by atoms with Crippen molar-refractivity contribution in [3.05, 3.63) is 83.5 Å². The highest BCUT2D eigenvalue weighted by atomic mass is 16.8. The topological polar surface area (TPSA) is 86.3 Å². The molecule has 0 saturated carbocycles. The van der Waals surface area contributed by atoms with Crippen LogP contribution in [0.3, 0.4) is 0 Å². The molecule has 2 N–H and O–H groups in total. The minimum Gasteiger partial charge on any atom is -0.490 e. The predicted molar refractivity (Wildman–Crippen MR) is 114 cm³/mol. The molecule has 0 aliphatic carbocycles. The Bertz CT molecular complexity index is 952. The summed E-state index contributed by atoms with van der Waals surface area (Å²) in [7, 11) is 0. The van der Waals surface area contributed by atoms with E-state index in [1.165, 1.54) is 6.26 Å². The summed E-state index contributed by atoms with van der Waals surface area (Å²) in [4.78, 5) is 11.4. The highest BCUT2D eigenvalue weighted by Gasteiger charge is 2.21. The third-order valence-electron chi connectivity index (χ3n) is 5.08. The van der Waals surface area contributed by atoms with E-state index >= 15 is 0 Å². The highest BCUT2D eigenvalue weighted by molar-refractivity contribution is 5.97. The van der Waals surface area contributed by atoms with E-state index in [0.717, 1.165) is 23.2 Å². The van der Waals surface area contributed by atoms with Crippen molar-refractivity contribution in [2.45, 2.75) is 19.1 Å². The zero-order chi connectivity index (χ0) is 21.5. The maximum absolute atomic E-state index is 11.4. The first kappa shape index (κ1) is 20.8. The fourth-order valence-electron chi connectivity index (χ4n) is 3.54. The molecule has 2 aromatic carbocycles. The van der Waals surface area contributed by atoms with Crippen molar-refractivity contribution in [3.63, 3.8) is 0 Å². The average molecular weight is 423 g/mol. The molecule has 1 atom stereocenters. The molecule has 31 heavy (non-hydrogen) atoms. The third kappa shape index (κ3) is 5.58. The monoisotopic (exact) mass is 423 g/mol. The zero-order valence-electron chi connectivity index (χ0n) is 17.1. The molecule has 2 aliphatic heterocycles. The van der Waals surface area contributed by atoms with Crippen LogP contribution in [0.5, 0.6) is 5.75 Å². The van der Waals surface area contributed by atoms with Crippen LogP contribution >= 0.6 is 0 Å². The molecule has 0 fully saturated rings. The molecule has 1 unspecified atom stereocenters. The van der Waals surface area contributed by atoms with Crippen LogP contribution in [0.25, 0.3) is 5.57 Å². The summed E-state index contributed by atoms with van der Waals surface area (Å²) in [6, 6.07) is 17.4. The number of carboxylic acid groups (broad SMARTS) is 1. The van der Waals surface area contributed by atoms with Crippen molar-refractivity contribution >= 4 is 11.5 Å². The number of benzene rings is 2. The Kier molecular flexibility index (Phi) is 6.74. The van der Waals surface area contributed by atoms with E-state index in [9.17, 15) is 9.90 Å². The summed E-state index contributed by atoms with van der Waals surface area (Å²) in [5.74, 6) is 0.162. The second kappa shape index (κ2) is 10.0. The van der Waals surface area contributed by atoms with Gasteiger partial charge < -0.3 is 29.4 Å². The molecule has 2 heterocycles. The fourth-order valence-corrected chi connectivity index (χ4v) is 3.54. The molecule has 7 nitrogen and oxygen atoms in total. The van der Waals surface area contributed by atoms with Crippen molar-refractivity contribution in [1.82, 2.24) is 5.32 Å². The lowest BCUT2D eigenvalue weighted by molar-refractivity contribution is -0.132. The second-order valence-corrected chi connectivity index (χ2v) is 7.22. The number of rotatable bonds is 9. The average Bonchev–Trinajstić information content (AvgIpc) is 3.25. The summed E-state index contributed by atoms with van der Waals surface area (Å²) < 4.78 is 22.4. The van der Waals surface area contributed by atoms with E-state index in [0.29, 0.717) is 49.9 Å². The van der Waals surface area contributed by atoms with Gasteiger partial charge in [0.05, 0.1) is 5.57 Å². The molecular weight excluding hydrogens is 398 g/mol. The van der Waals surface area contributed by atoms with Crippen LogP contribution in [0.4, 0.5) is 0 Å². The van der Waals surface area contributed by atoms with Crippen molar-refractivity contribution in [2.24, 2.45) is 0 Å². The van der Waals surface area contributed by atoms with Crippen LogP contribution in [0.1, 0.15) is 17.5 Å². The van der Waals surface area contributed by atoms with E-state index in [4.69, 9.17) is 18.9 Å². The van der Waals surface area contributed by atoms with E-state index in [-0.39, 0.29) is 6.29 Å². The summed E-state index contributed by atoms with van der Waals surface area (Å²) in [5, 5.41) is 12.5. The highest BCUT2D eigenvalue weighted by Crippen LogP contribution is 2.26. The van der Waals surface area contributed by atoms with Gasteiger partial charge in [-0.1, -0.05) is 42.5 Å². The van der Waals surface area contributed by atoms with Crippen molar-refractivity contribution in [1.29, 1.82) is 0 Å². The Balaban J connectivity index is 1.21. The van der Waals surface area contributed by atoms with Crippen LogP contribution < -0.4 is 10.1 Å². The number of carbonyl (C=O) groups is 1. The van der Waals surface area contributed by atoms with Gasteiger partial charge in [-0.05, 0) is 41.8 Å². The summed E-state index contributed by atoms with van der Waals surface area (Å²) in [5.41, 5.74) is 3.33. The Morgan fingerprint density at radius 1 is 1.06 bits per heavy atom. The first-order chi connectivity index (χ1) is 15.2. The fraction of sp³-hybridized carbons (Fsp3) is 0.292. The predicted octanol–water partition coefficient (Wildman–Crippen LogP) is 3.33. The van der Waals surface area contributed by atoms with Crippen LogP contribution in [0.15, 0.2) is 72.4 Å². The van der Waals surface area contributed by atoms with Gasteiger partial charge in [0, 0.05) is 13.0 Å². The largest absolute Gasteiger partial charge is 0.490 e. The lowest BCUT2D eigenvalue weighted by Gasteiger charge is -2.19.